The molecule has 0 spiro atoms. The molecule has 12 heteroatoms. The topological polar surface area (TPSA) is 148 Å². The van der Waals surface area contributed by atoms with Crippen molar-refractivity contribution in [1.82, 2.24) is 18.3 Å². The molecule has 646 valence electrons. The van der Waals surface area contributed by atoms with Gasteiger partial charge >= 0.3 is 0 Å². The van der Waals surface area contributed by atoms with Crippen LogP contribution in [0.25, 0.3) is 230 Å². The van der Waals surface area contributed by atoms with Gasteiger partial charge in [-0.2, -0.15) is 21.0 Å². The zero-order valence-corrected chi connectivity index (χ0v) is 74.9. The van der Waals surface area contributed by atoms with E-state index in [-0.39, 0.29) is 0 Å². The molecule has 0 saturated heterocycles. The van der Waals surface area contributed by atoms with Crippen LogP contribution in [-0.4, -0.2) is 18.3 Å². The monoisotopic (exact) mass is 1780 g/mol. The summed E-state index contributed by atoms with van der Waals surface area (Å²) in [5, 5.41) is 67.6. The number of furan rings is 2. The molecule has 0 unspecified atom stereocenters. The molecule has 0 aliphatic rings. The highest BCUT2D eigenvalue weighted by Gasteiger charge is 2.30. The molecule has 0 fully saturated rings. The van der Waals surface area contributed by atoms with Crippen LogP contribution in [0.4, 0.5) is 34.1 Å². The average molecular weight is 1780 g/mol. The van der Waals surface area contributed by atoms with Crippen LogP contribution in [0, 0.1) is 45.3 Å². The molecular formula is C128H72N10O2. The van der Waals surface area contributed by atoms with Crippen LogP contribution in [0.1, 0.15) is 22.3 Å². The molecule has 140 heavy (non-hydrogen) atoms. The highest BCUT2D eigenvalue weighted by molar-refractivity contribution is 6.27. The fourth-order valence-corrected chi connectivity index (χ4v) is 22.6. The van der Waals surface area contributed by atoms with Crippen molar-refractivity contribution < 1.29 is 8.83 Å². The molecule has 0 radical (unpaired) electrons. The van der Waals surface area contributed by atoms with Gasteiger partial charge in [-0.05, 0) is 283 Å². The second-order valence-corrected chi connectivity index (χ2v) is 36.2. The number of anilines is 6. The summed E-state index contributed by atoms with van der Waals surface area (Å²) in [4.78, 5) is 4.56. The normalized spacial score (nSPS) is 11.8. The summed E-state index contributed by atoms with van der Waals surface area (Å²) in [6, 6.07) is 163. The van der Waals surface area contributed by atoms with Crippen molar-refractivity contribution in [3.63, 3.8) is 0 Å². The molecule has 0 amide bonds. The third-order valence-electron chi connectivity index (χ3n) is 28.7. The molecule has 0 atom stereocenters. The molecule has 28 rings (SSSR count). The third-order valence-corrected chi connectivity index (χ3v) is 28.7. The first-order chi connectivity index (χ1) is 69.2. The maximum absolute atomic E-state index is 12.2. The van der Waals surface area contributed by atoms with Gasteiger partial charge in [0.05, 0.1) is 90.1 Å². The highest BCUT2D eigenvalue weighted by atomic mass is 16.3. The van der Waals surface area contributed by atoms with Crippen LogP contribution >= 0.6 is 0 Å². The quantitative estimate of drug-likeness (QED) is 0.111. The summed E-state index contributed by atoms with van der Waals surface area (Å²) in [6.45, 7) is 0. The van der Waals surface area contributed by atoms with E-state index in [1.54, 1.807) is 0 Å². The van der Waals surface area contributed by atoms with E-state index in [9.17, 15) is 21.0 Å². The van der Waals surface area contributed by atoms with Gasteiger partial charge in [0.15, 0.2) is 0 Å². The Kier molecular flexibility index (Phi) is 17.4. The van der Waals surface area contributed by atoms with Crippen molar-refractivity contribution in [2.75, 3.05) is 9.80 Å². The van der Waals surface area contributed by atoms with E-state index in [0.717, 1.165) is 242 Å². The van der Waals surface area contributed by atoms with Crippen LogP contribution in [0.2, 0.25) is 0 Å². The number of hydrogen-bond donors (Lipinski definition) is 0. The molecule has 0 aliphatic heterocycles. The van der Waals surface area contributed by atoms with E-state index in [1.807, 2.05) is 66.7 Å². The SMILES string of the molecule is N#Cc1cc(-n2c3ccc(-c4ccc5c(c4)oc4ccccc45)cc3c3c4ccccc4ccc32)c(C#N)c(-n2c3ccc(-c4ccc5c(c4)oc4cc(-c6ccc7c(ccc8c7c7cc(N(c9ccccc9)c9ccccc9)ccc7n8-c7cc(C#N)cc(-n8c9ccc(N(c%10ccccc%10)c%10ccccc%10)cc9c9c%10ccccc%10ccc98)c7C#N)c6)ccc45)cc3c3c4ccccc4ccc32)c1. The van der Waals surface area contributed by atoms with Gasteiger partial charge < -0.3 is 36.9 Å². The van der Waals surface area contributed by atoms with Crippen molar-refractivity contribution in [2.45, 2.75) is 0 Å². The van der Waals surface area contributed by atoms with Gasteiger partial charge in [-0.25, -0.2) is 0 Å². The number of benzene rings is 22. The highest BCUT2D eigenvalue weighted by Crippen LogP contribution is 2.51. The van der Waals surface area contributed by atoms with E-state index in [0.29, 0.717) is 45.0 Å². The van der Waals surface area contributed by atoms with Crippen LogP contribution in [0.3, 0.4) is 0 Å². The maximum Gasteiger partial charge on any atom is 0.136 e. The fraction of sp³-hybridized carbons (Fsp3) is 0. The van der Waals surface area contributed by atoms with Crippen molar-refractivity contribution in [2.24, 2.45) is 0 Å². The van der Waals surface area contributed by atoms with E-state index >= 15 is 0 Å². The lowest BCUT2D eigenvalue weighted by Gasteiger charge is -2.25. The molecule has 0 N–H and O–H groups in total. The summed E-state index contributed by atoms with van der Waals surface area (Å²) in [5.74, 6) is 0. The number of hydrogen-bond acceptors (Lipinski definition) is 8. The Hall–Kier alpha value is -19.8. The fourth-order valence-electron chi connectivity index (χ4n) is 22.6. The smallest absolute Gasteiger partial charge is 0.136 e. The second-order valence-electron chi connectivity index (χ2n) is 36.2. The molecule has 12 nitrogen and oxygen atoms in total. The third kappa shape index (κ3) is 12.0. The van der Waals surface area contributed by atoms with Gasteiger partial charge in [0.2, 0.25) is 0 Å². The Morgan fingerprint density at radius 1 is 0.179 bits per heavy atom. The van der Waals surface area contributed by atoms with Gasteiger partial charge in [0.1, 0.15) is 45.6 Å². The Balaban J connectivity index is 0.568. The lowest BCUT2D eigenvalue weighted by atomic mass is 9.97. The van der Waals surface area contributed by atoms with E-state index in [4.69, 9.17) is 8.83 Å². The number of para-hydroxylation sites is 5. The summed E-state index contributed by atoms with van der Waals surface area (Å²) >= 11 is 0. The van der Waals surface area contributed by atoms with Gasteiger partial charge in [0.25, 0.3) is 0 Å². The van der Waals surface area contributed by atoms with Gasteiger partial charge in [-0.1, -0.05) is 231 Å². The zero-order valence-electron chi connectivity index (χ0n) is 74.9. The van der Waals surface area contributed by atoms with Gasteiger partial charge in [-0.3, -0.25) is 0 Å². The van der Waals surface area contributed by atoms with Gasteiger partial charge in [0, 0.05) is 98.8 Å². The zero-order chi connectivity index (χ0) is 92.6. The number of nitrogens with zero attached hydrogens (tertiary/aromatic N) is 10. The van der Waals surface area contributed by atoms with Crippen LogP contribution < -0.4 is 9.80 Å². The Morgan fingerprint density at radius 3 is 0.800 bits per heavy atom. The largest absolute Gasteiger partial charge is 0.456 e. The minimum atomic E-state index is 0.400. The molecule has 0 aliphatic carbocycles. The molecule has 28 aromatic rings. The number of nitriles is 4. The summed E-state index contributed by atoms with van der Waals surface area (Å²) < 4.78 is 22.2. The Bertz CT molecular complexity index is 10300. The molecule has 0 bridgehead atoms. The van der Waals surface area contributed by atoms with E-state index < -0.39 is 0 Å². The second kappa shape index (κ2) is 30.9. The Morgan fingerprint density at radius 2 is 0.443 bits per heavy atom. The maximum atomic E-state index is 12.2. The molecule has 6 heterocycles. The predicted octanol–water partition coefficient (Wildman–Crippen LogP) is 33.9. The number of aromatic nitrogens is 4. The molecule has 22 aromatic carbocycles. The van der Waals surface area contributed by atoms with Crippen LogP contribution in [-0.2, 0) is 0 Å². The Labute approximate surface area is 800 Å². The van der Waals surface area contributed by atoms with Crippen molar-refractivity contribution in [3.8, 4) is 80.4 Å². The summed E-state index contributed by atoms with van der Waals surface area (Å²) in [5.41, 5.74) is 26.1. The number of fused-ring (bicyclic) bond motifs is 26. The van der Waals surface area contributed by atoms with E-state index in [2.05, 4.69) is 422 Å². The van der Waals surface area contributed by atoms with E-state index in [1.165, 1.54) is 0 Å². The average Bonchev–Trinajstić information content (AvgIpc) is 1.55. The van der Waals surface area contributed by atoms with Crippen molar-refractivity contribution >= 4 is 208 Å². The van der Waals surface area contributed by atoms with Crippen molar-refractivity contribution in [1.29, 1.82) is 21.0 Å². The minimum Gasteiger partial charge on any atom is -0.456 e. The van der Waals surface area contributed by atoms with Gasteiger partial charge in [-0.15, -0.1) is 0 Å². The first-order valence-electron chi connectivity index (χ1n) is 46.8. The first kappa shape index (κ1) is 78.9. The lowest BCUT2D eigenvalue weighted by molar-refractivity contribution is 0.669. The van der Waals surface area contributed by atoms with Crippen molar-refractivity contribution in [3.05, 3.63) is 459 Å². The minimum absolute atomic E-state index is 0.400. The standard InChI is InChI=1S/C128H72N10O2/c129-73-77-61-117(135-109-53-44-83(66-103(109)125-95-32-16-13-21-79(95)41-55-113(125)135)86-39-50-100-99-35-19-20-36-121(99)139-122(100)69-86)107(75-131)118(62-77)136-110-54-45-84(67-104(110)126-96-33-17-14-22-80(96)42-56-114(126)136)87-40-52-102-101-51-38-85(68-123(101)140-124(102)70-87)82-37-49-98-88(65-82)46-58-116-128(98)106-72-94(134(91-28-9-3-10-29-91)92-30-11-4-12-31-92)48-60-112(106)138(116)120-64-78(74-130)63-119(108(120)76-132)137-111-59-47-93(133(89-24-5-1-6-25-89)90-26-7-2-8-27-90)71-105(111)127-97-34-18-15-23-81(97)43-57-115(127)137/h1-72H. The molecule has 0 saturated carbocycles. The predicted molar refractivity (Wildman–Crippen MR) is 573 cm³/mol. The molecule has 6 aromatic heterocycles. The first-order valence-corrected chi connectivity index (χ1v) is 46.8. The van der Waals surface area contributed by atoms with Crippen LogP contribution in [0.15, 0.2) is 446 Å². The number of rotatable bonds is 13. The lowest BCUT2D eigenvalue weighted by Crippen LogP contribution is -2.09. The summed E-state index contributed by atoms with van der Waals surface area (Å²) in [6.07, 6.45) is 0. The molecular weight excluding hydrogens is 1710 g/mol. The van der Waals surface area contributed by atoms with Crippen LogP contribution in [0.5, 0.6) is 0 Å². The summed E-state index contributed by atoms with van der Waals surface area (Å²) in [7, 11) is 0.